The van der Waals surface area contributed by atoms with E-state index in [9.17, 15) is 4.79 Å². The van der Waals surface area contributed by atoms with Crippen molar-refractivity contribution in [3.8, 4) is 0 Å². The predicted molar refractivity (Wildman–Crippen MR) is 91.1 cm³/mol. The number of rotatable bonds is 7. The number of hydrogen-bond donors (Lipinski definition) is 1. The summed E-state index contributed by atoms with van der Waals surface area (Å²) >= 11 is 0. The number of ether oxygens (including phenoxy) is 1. The Morgan fingerprint density at radius 1 is 1.13 bits per heavy atom. The third-order valence-corrected chi connectivity index (χ3v) is 5.18. The molecule has 2 saturated heterocycles. The van der Waals surface area contributed by atoms with Crippen molar-refractivity contribution in [3.05, 3.63) is 35.9 Å². The van der Waals surface area contributed by atoms with Gasteiger partial charge in [-0.3, -0.25) is 9.69 Å². The standard InChI is InChI=1S/C19H28N2O2/c22-18-19(10-6-12-20-18)11-7-14-21(19)13-4-5-15-23-16-17-8-2-1-3-9-17/h1-3,8-9H,4-7,10-16H2,(H,20,22). The fourth-order valence-corrected chi connectivity index (χ4v) is 3.93. The fourth-order valence-electron chi connectivity index (χ4n) is 3.93. The van der Waals surface area contributed by atoms with Crippen molar-refractivity contribution >= 4 is 5.91 Å². The number of benzene rings is 1. The maximum absolute atomic E-state index is 12.3. The normalized spacial score (nSPS) is 25.0. The van der Waals surface area contributed by atoms with E-state index in [4.69, 9.17) is 4.74 Å². The maximum Gasteiger partial charge on any atom is 0.240 e. The van der Waals surface area contributed by atoms with Crippen LogP contribution in [0.15, 0.2) is 30.3 Å². The number of carbonyl (C=O) groups is 1. The molecular weight excluding hydrogens is 288 g/mol. The highest BCUT2D eigenvalue weighted by molar-refractivity contribution is 5.87. The van der Waals surface area contributed by atoms with E-state index >= 15 is 0 Å². The van der Waals surface area contributed by atoms with Crippen molar-refractivity contribution < 1.29 is 9.53 Å². The summed E-state index contributed by atoms with van der Waals surface area (Å²) in [6.45, 7) is 4.42. The molecule has 23 heavy (non-hydrogen) atoms. The molecule has 3 rings (SSSR count). The molecule has 1 unspecified atom stereocenters. The van der Waals surface area contributed by atoms with Crippen LogP contribution in [0.5, 0.6) is 0 Å². The van der Waals surface area contributed by atoms with Crippen LogP contribution in [0.25, 0.3) is 0 Å². The highest BCUT2D eigenvalue weighted by Gasteiger charge is 2.47. The number of unbranched alkanes of at least 4 members (excludes halogenated alkanes) is 1. The van der Waals surface area contributed by atoms with Crippen LogP contribution >= 0.6 is 0 Å². The summed E-state index contributed by atoms with van der Waals surface area (Å²) in [5.74, 6) is 0.265. The topological polar surface area (TPSA) is 41.6 Å². The zero-order valence-corrected chi connectivity index (χ0v) is 13.9. The van der Waals surface area contributed by atoms with Gasteiger partial charge in [0.2, 0.25) is 5.91 Å². The number of likely N-dealkylation sites (tertiary alicyclic amines) is 1. The van der Waals surface area contributed by atoms with Gasteiger partial charge in [-0.1, -0.05) is 30.3 Å². The summed E-state index contributed by atoms with van der Waals surface area (Å²) in [5.41, 5.74) is 1.04. The highest BCUT2D eigenvalue weighted by atomic mass is 16.5. The highest BCUT2D eigenvalue weighted by Crippen LogP contribution is 2.35. The molecule has 1 aromatic rings. The van der Waals surface area contributed by atoms with Crippen LogP contribution in [0.3, 0.4) is 0 Å². The van der Waals surface area contributed by atoms with Gasteiger partial charge in [-0.15, -0.1) is 0 Å². The van der Waals surface area contributed by atoms with Gasteiger partial charge in [0.05, 0.1) is 6.61 Å². The Kier molecular flexibility index (Phi) is 5.68. The third-order valence-electron chi connectivity index (χ3n) is 5.18. The summed E-state index contributed by atoms with van der Waals surface area (Å²) in [6.07, 6.45) is 6.48. The maximum atomic E-state index is 12.3. The van der Waals surface area contributed by atoms with Gasteiger partial charge in [-0.2, -0.15) is 0 Å². The lowest BCUT2D eigenvalue weighted by molar-refractivity contribution is -0.134. The Hall–Kier alpha value is -1.39. The second kappa shape index (κ2) is 7.93. The van der Waals surface area contributed by atoms with Crippen molar-refractivity contribution in [2.75, 3.05) is 26.2 Å². The molecule has 1 amide bonds. The molecule has 0 saturated carbocycles. The van der Waals surface area contributed by atoms with Gasteiger partial charge < -0.3 is 10.1 Å². The minimum atomic E-state index is -0.191. The van der Waals surface area contributed by atoms with E-state index in [0.29, 0.717) is 6.61 Å². The van der Waals surface area contributed by atoms with E-state index in [-0.39, 0.29) is 11.4 Å². The molecule has 0 aliphatic carbocycles. The summed E-state index contributed by atoms with van der Waals surface area (Å²) in [7, 11) is 0. The summed E-state index contributed by atoms with van der Waals surface area (Å²) in [4.78, 5) is 14.8. The quantitative estimate of drug-likeness (QED) is 0.787. The van der Waals surface area contributed by atoms with Crippen LogP contribution < -0.4 is 5.32 Å². The van der Waals surface area contributed by atoms with Crippen LogP contribution in [-0.4, -0.2) is 42.6 Å². The smallest absolute Gasteiger partial charge is 0.240 e. The lowest BCUT2D eigenvalue weighted by Gasteiger charge is -2.40. The first-order chi connectivity index (χ1) is 11.3. The van der Waals surface area contributed by atoms with Gasteiger partial charge in [0.15, 0.2) is 0 Å². The van der Waals surface area contributed by atoms with Crippen LogP contribution in [0.4, 0.5) is 0 Å². The van der Waals surface area contributed by atoms with E-state index in [1.54, 1.807) is 0 Å². The summed E-state index contributed by atoms with van der Waals surface area (Å²) < 4.78 is 5.74. The van der Waals surface area contributed by atoms with E-state index in [1.807, 2.05) is 18.2 Å². The Morgan fingerprint density at radius 2 is 1.96 bits per heavy atom. The molecule has 2 heterocycles. The second-order valence-electron chi connectivity index (χ2n) is 6.73. The van der Waals surface area contributed by atoms with E-state index in [0.717, 1.165) is 64.8 Å². The molecule has 1 spiro atoms. The molecule has 2 fully saturated rings. The SMILES string of the molecule is O=C1NCCCC12CCCN2CCCCOCc1ccccc1. The second-order valence-corrected chi connectivity index (χ2v) is 6.73. The van der Waals surface area contributed by atoms with E-state index in [1.165, 1.54) is 5.56 Å². The number of amides is 1. The molecular formula is C19H28N2O2. The molecule has 0 radical (unpaired) electrons. The molecule has 4 heteroatoms. The lowest BCUT2D eigenvalue weighted by atomic mass is 9.86. The first kappa shape index (κ1) is 16.5. The number of piperidine rings is 1. The largest absolute Gasteiger partial charge is 0.377 e. The first-order valence-corrected chi connectivity index (χ1v) is 8.96. The molecule has 1 N–H and O–H groups in total. The lowest BCUT2D eigenvalue weighted by Crippen LogP contribution is -2.58. The Morgan fingerprint density at radius 3 is 2.78 bits per heavy atom. The molecule has 1 atom stereocenters. The van der Waals surface area contributed by atoms with E-state index < -0.39 is 0 Å². The molecule has 126 valence electrons. The van der Waals surface area contributed by atoms with Gasteiger partial charge in [0.25, 0.3) is 0 Å². The van der Waals surface area contributed by atoms with Crippen LogP contribution in [-0.2, 0) is 16.1 Å². The van der Waals surface area contributed by atoms with Gasteiger partial charge in [-0.25, -0.2) is 0 Å². The Labute approximate surface area is 139 Å². The third kappa shape index (κ3) is 3.93. The Balaban J connectivity index is 1.36. The Bertz CT molecular complexity index is 505. The molecule has 0 bridgehead atoms. The van der Waals surface area contributed by atoms with E-state index in [2.05, 4.69) is 22.3 Å². The molecule has 2 aliphatic heterocycles. The van der Waals surface area contributed by atoms with Crippen molar-refractivity contribution in [1.82, 2.24) is 10.2 Å². The zero-order valence-electron chi connectivity index (χ0n) is 13.9. The van der Waals surface area contributed by atoms with Crippen molar-refractivity contribution in [2.45, 2.75) is 50.7 Å². The minimum absolute atomic E-state index is 0.191. The van der Waals surface area contributed by atoms with Gasteiger partial charge >= 0.3 is 0 Å². The zero-order chi connectivity index (χ0) is 16.0. The van der Waals surface area contributed by atoms with Crippen LogP contribution in [0, 0.1) is 0 Å². The van der Waals surface area contributed by atoms with Gasteiger partial charge in [0.1, 0.15) is 5.54 Å². The number of hydrogen-bond acceptors (Lipinski definition) is 3. The van der Waals surface area contributed by atoms with Crippen molar-refractivity contribution in [2.24, 2.45) is 0 Å². The molecule has 1 aromatic carbocycles. The van der Waals surface area contributed by atoms with Gasteiger partial charge in [-0.05, 0) is 57.2 Å². The fraction of sp³-hybridized carbons (Fsp3) is 0.632. The van der Waals surface area contributed by atoms with Crippen molar-refractivity contribution in [1.29, 1.82) is 0 Å². The average Bonchev–Trinajstić information content (AvgIpc) is 2.98. The van der Waals surface area contributed by atoms with Crippen LogP contribution in [0.1, 0.15) is 44.1 Å². The predicted octanol–water partition coefficient (Wildman–Crippen LogP) is 2.73. The monoisotopic (exact) mass is 316 g/mol. The molecule has 4 nitrogen and oxygen atoms in total. The first-order valence-electron chi connectivity index (χ1n) is 8.96. The minimum Gasteiger partial charge on any atom is -0.377 e. The molecule has 0 aromatic heterocycles. The summed E-state index contributed by atoms with van der Waals surface area (Å²) in [5, 5.41) is 3.07. The van der Waals surface area contributed by atoms with Gasteiger partial charge in [0, 0.05) is 13.2 Å². The average molecular weight is 316 g/mol. The molecule has 2 aliphatic rings. The summed E-state index contributed by atoms with van der Waals surface area (Å²) in [6, 6.07) is 10.3. The number of nitrogens with one attached hydrogen (secondary N) is 1. The van der Waals surface area contributed by atoms with Crippen molar-refractivity contribution in [3.63, 3.8) is 0 Å². The number of nitrogens with zero attached hydrogens (tertiary/aromatic N) is 1. The van der Waals surface area contributed by atoms with Crippen LogP contribution in [0.2, 0.25) is 0 Å². The number of carbonyl (C=O) groups excluding carboxylic acids is 1.